The number of aliphatic imine (C=N–C) groups is 1. The first kappa shape index (κ1) is 18.4. The maximum atomic E-state index is 11.3. The van der Waals surface area contributed by atoms with Crippen LogP contribution in [0.2, 0.25) is 0 Å². The van der Waals surface area contributed by atoms with E-state index in [4.69, 9.17) is 0 Å². The zero-order valence-electron chi connectivity index (χ0n) is 13.5. The fourth-order valence-corrected chi connectivity index (χ4v) is 2.40. The van der Waals surface area contributed by atoms with Crippen molar-refractivity contribution in [1.29, 1.82) is 0 Å². The lowest BCUT2D eigenvalue weighted by Crippen LogP contribution is -2.38. The minimum Gasteiger partial charge on any atom is -0.356 e. The van der Waals surface area contributed by atoms with Crippen molar-refractivity contribution in [3.8, 4) is 0 Å². The van der Waals surface area contributed by atoms with Crippen LogP contribution in [-0.4, -0.2) is 40.3 Å². The summed E-state index contributed by atoms with van der Waals surface area (Å²) < 4.78 is 25.1. The van der Waals surface area contributed by atoms with Gasteiger partial charge < -0.3 is 10.6 Å². The fraction of sp³-hybridized carbons (Fsp3) is 0.533. The lowest BCUT2D eigenvalue weighted by Gasteiger charge is -2.12. The lowest BCUT2D eigenvalue weighted by molar-refractivity contribution is 0.579. The highest BCUT2D eigenvalue weighted by atomic mass is 32.2. The van der Waals surface area contributed by atoms with Gasteiger partial charge in [-0.2, -0.15) is 0 Å². The van der Waals surface area contributed by atoms with Crippen LogP contribution < -0.4 is 15.4 Å². The molecule has 6 nitrogen and oxygen atoms in total. The first-order valence-corrected chi connectivity index (χ1v) is 9.09. The molecule has 1 rings (SSSR count). The van der Waals surface area contributed by atoms with E-state index in [9.17, 15) is 8.42 Å². The van der Waals surface area contributed by atoms with Crippen molar-refractivity contribution < 1.29 is 8.42 Å². The zero-order chi connectivity index (χ0) is 16.4. The SMILES string of the molecule is CCS(=O)(=O)NCCCNC(=NC)NCc1ccc(C)cc1. The molecule has 0 aromatic heterocycles. The second kappa shape index (κ2) is 9.42. The van der Waals surface area contributed by atoms with Gasteiger partial charge in [-0.3, -0.25) is 4.99 Å². The molecule has 0 heterocycles. The van der Waals surface area contributed by atoms with Crippen molar-refractivity contribution in [2.75, 3.05) is 25.9 Å². The van der Waals surface area contributed by atoms with Crippen LogP contribution in [0.1, 0.15) is 24.5 Å². The van der Waals surface area contributed by atoms with Gasteiger partial charge in [-0.1, -0.05) is 29.8 Å². The molecule has 0 fully saturated rings. The number of sulfonamides is 1. The monoisotopic (exact) mass is 326 g/mol. The Labute approximate surface area is 133 Å². The van der Waals surface area contributed by atoms with Gasteiger partial charge >= 0.3 is 0 Å². The topological polar surface area (TPSA) is 82.6 Å². The molecule has 0 atom stereocenters. The number of rotatable bonds is 8. The normalized spacial score (nSPS) is 12.2. The van der Waals surface area contributed by atoms with E-state index in [1.54, 1.807) is 14.0 Å². The second-order valence-electron chi connectivity index (χ2n) is 4.99. The van der Waals surface area contributed by atoms with Gasteiger partial charge in [-0.25, -0.2) is 13.1 Å². The number of guanidine groups is 1. The van der Waals surface area contributed by atoms with Gasteiger partial charge in [0.1, 0.15) is 0 Å². The van der Waals surface area contributed by atoms with Crippen LogP contribution in [0.15, 0.2) is 29.3 Å². The highest BCUT2D eigenvalue weighted by Gasteiger charge is 2.04. The van der Waals surface area contributed by atoms with E-state index >= 15 is 0 Å². The lowest BCUT2D eigenvalue weighted by atomic mass is 10.1. The number of aryl methyl sites for hydroxylation is 1. The molecular formula is C15H26N4O2S. The Hall–Kier alpha value is -1.60. The van der Waals surface area contributed by atoms with E-state index in [1.165, 1.54) is 11.1 Å². The molecular weight excluding hydrogens is 300 g/mol. The van der Waals surface area contributed by atoms with Gasteiger partial charge in [0.2, 0.25) is 10.0 Å². The highest BCUT2D eigenvalue weighted by Crippen LogP contribution is 2.02. The van der Waals surface area contributed by atoms with Crippen LogP contribution in [0.3, 0.4) is 0 Å². The molecule has 1 aromatic rings. The Morgan fingerprint density at radius 3 is 2.41 bits per heavy atom. The van der Waals surface area contributed by atoms with Crippen LogP contribution in [0.5, 0.6) is 0 Å². The van der Waals surface area contributed by atoms with Gasteiger partial charge in [-0.15, -0.1) is 0 Å². The van der Waals surface area contributed by atoms with E-state index < -0.39 is 10.0 Å². The Balaban J connectivity index is 2.24. The molecule has 0 spiro atoms. The Morgan fingerprint density at radius 2 is 1.82 bits per heavy atom. The van der Waals surface area contributed by atoms with Gasteiger partial charge in [-0.05, 0) is 25.8 Å². The van der Waals surface area contributed by atoms with Gasteiger partial charge in [0.25, 0.3) is 0 Å². The summed E-state index contributed by atoms with van der Waals surface area (Å²) in [5, 5.41) is 6.38. The summed E-state index contributed by atoms with van der Waals surface area (Å²) in [6.07, 6.45) is 0.699. The van der Waals surface area contributed by atoms with E-state index in [0.29, 0.717) is 32.0 Å². The average molecular weight is 326 g/mol. The molecule has 0 aliphatic carbocycles. The number of benzene rings is 1. The third kappa shape index (κ3) is 7.42. The maximum absolute atomic E-state index is 11.3. The Morgan fingerprint density at radius 1 is 1.14 bits per heavy atom. The van der Waals surface area contributed by atoms with Crippen LogP contribution in [-0.2, 0) is 16.6 Å². The smallest absolute Gasteiger partial charge is 0.211 e. The molecule has 0 aliphatic heterocycles. The molecule has 0 bridgehead atoms. The Bertz CT molecular complexity index is 568. The summed E-state index contributed by atoms with van der Waals surface area (Å²) in [4.78, 5) is 4.14. The summed E-state index contributed by atoms with van der Waals surface area (Å²) in [5.41, 5.74) is 2.42. The molecule has 0 aliphatic rings. The molecule has 0 unspecified atom stereocenters. The molecule has 22 heavy (non-hydrogen) atoms. The van der Waals surface area contributed by atoms with Crippen LogP contribution in [0.4, 0.5) is 0 Å². The fourth-order valence-electron chi connectivity index (χ4n) is 1.74. The van der Waals surface area contributed by atoms with Crippen molar-refractivity contribution in [2.45, 2.75) is 26.8 Å². The molecule has 0 amide bonds. The van der Waals surface area contributed by atoms with Crippen molar-refractivity contribution in [3.05, 3.63) is 35.4 Å². The molecule has 0 radical (unpaired) electrons. The largest absolute Gasteiger partial charge is 0.356 e. The minimum atomic E-state index is -3.10. The third-order valence-corrected chi connectivity index (χ3v) is 4.56. The van der Waals surface area contributed by atoms with Gasteiger partial charge in [0.05, 0.1) is 5.75 Å². The summed E-state index contributed by atoms with van der Waals surface area (Å²) in [7, 11) is -1.39. The number of nitrogens with zero attached hydrogens (tertiary/aromatic N) is 1. The highest BCUT2D eigenvalue weighted by molar-refractivity contribution is 7.89. The summed E-state index contributed by atoms with van der Waals surface area (Å²) in [6, 6.07) is 8.31. The maximum Gasteiger partial charge on any atom is 0.211 e. The molecule has 7 heteroatoms. The van der Waals surface area contributed by atoms with E-state index in [-0.39, 0.29) is 5.75 Å². The second-order valence-corrected chi connectivity index (χ2v) is 7.08. The summed E-state index contributed by atoms with van der Waals surface area (Å²) >= 11 is 0. The van der Waals surface area contributed by atoms with E-state index in [1.807, 2.05) is 0 Å². The quantitative estimate of drug-likeness (QED) is 0.378. The van der Waals surface area contributed by atoms with Gasteiger partial charge in [0, 0.05) is 26.7 Å². The molecule has 3 N–H and O–H groups in total. The predicted octanol–water partition coefficient (Wildman–Crippen LogP) is 0.989. The van der Waals surface area contributed by atoms with Crippen LogP contribution in [0, 0.1) is 6.92 Å². The first-order valence-electron chi connectivity index (χ1n) is 7.44. The third-order valence-electron chi connectivity index (χ3n) is 3.15. The van der Waals surface area contributed by atoms with Crippen molar-refractivity contribution in [2.24, 2.45) is 4.99 Å². The Kier molecular flexibility index (Phi) is 7.90. The van der Waals surface area contributed by atoms with Gasteiger partial charge in [0.15, 0.2) is 5.96 Å². The van der Waals surface area contributed by atoms with E-state index in [0.717, 1.165) is 0 Å². The van der Waals surface area contributed by atoms with Crippen molar-refractivity contribution in [3.63, 3.8) is 0 Å². The standard InChI is InChI=1S/C15H26N4O2S/c1-4-22(20,21)19-11-5-10-17-15(16-3)18-12-14-8-6-13(2)7-9-14/h6-9,19H,4-5,10-12H2,1-3H3,(H2,16,17,18). The zero-order valence-corrected chi connectivity index (χ0v) is 14.3. The van der Waals surface area contributed by atoms with Crippen LogP contribution in [0.25, 0.3) is 0 Å². The molecule has 0 saturated carbocycles. The van der Waals surface area contributed by atoms with E-state index in [2.05, 4.69) is 51.5 Å². The summed E-state index contributed by atoms with van der Waals surface area (Å²) in [5.74, 6) is 0.819. The van der Waals surface area contributed by atoms with Crippen molar-refractivity contribution >= 4 is 16.0 Å². The summed E-state index contributed by atoms with van der Waals surface area (Å²) in [6.45, 7) is 5.46. The predicted molar refractivity (Wildman–Crippen MR) is 91.5 cm³/mol. The molecule has 0 saturated heterocycles. The van der Waals surface area contributed by atoms with Crippen molar-refractivity contribution in [1.82, 2.24) is 15.4 Å². The first-order chi connectivity index (χ1) is 10.5. The number of nitrogens with one attached hydrogen (secondary N) is 3. The molecule has 1 aromatic carbocycles. The number of hydrogen-bond donors (Lipinski definition) is 3. The molecule has 124 valence electrons. The average Bonchev–Trinajstić information content (AvgIpc) is 2.51. The minimum absolute atomic E-state index is 0.111. The number of hydrogen-bond acceptors (Lipinski definition) is 3. The van der Waals surface area contributed by atoms with Crippen LogP contribution >= 0.6 is 0 Å².